The molecule has 0 atom stereocenters. The molecule has 0 saturated heterocycles. The predicted octanol–water partition coefficient (Wildman–Crippen LogP) is 18.1. The molecular weight excluding hydrogens is 1530 g/mol. The van der Waals surface area contributed by atoms with Crippen molar-refractivity contribution in [2.24, 2.45) is 0 Å². The van der Waals surface area contributed by atoms with Crippen molar-refractivity contribution >= 4 is 135 Å². The van der Waals surface area contributed by atoms with Crippen molar-refractivity contribution in [2.75, 3.05) is 11.5 Å². The minimum absolute atomic E-state index is 0. The van der Waals surface area contributed by atoms with E-state index in [9.17, 15) is 0 Å². The SMILES string of the molecule is Nc1ccc(-c2ccccc2)cc1.Nc1ccc(Br)cc1.OB(O)c1ccccc1.[Pd].c1ccc(P(c2ccccc2)c2ccccc2)cc1.c1ccc(P(c2ccccc2)c2ccccc2)cc1.c1ccc(P(c2ccccc2)c2ccccc2)cc1.c1ccc(P(c2ccccc2)c2ccccc2)cc1. The first-order valence-electron chi connectivity index (χ1n) is 34.9. The van der Waals surface area contributed by atoms with Crippen molar-refractivity contribution in [3.8, 4) is 11.1 Å². The van der Waals surface area contributed by atoms with Gasteiger partial charge in [-0.25, -0.2) is 0 Å². The zero-order valence-corrected chi connectivity index (χ0v) is 65.9. The molecule has 0 fully saturated rings. The van der Waals surface area contributed by atoms with Gasteiger partial charge in [0.05, 0.1) is 0 Å². The molecule has 0 radical (unpaired) electrons. The van der Waals surface area contributed by atoms with E-state index < -0.39 is 38.8 Å². The summed E-state index contributed by atoms with van der Waals surface area (Å²) in [5.41, 5.74) is 15.6. The smallest absolute Gasteiger partial charge is 0.423 e. The monoisotopic (exact) mass is 1620 g/mol. The minimum Gasteiger partial charge on any atom is -0.423 e. The summed E-state index contributed by atoms with van der Waals surface area (Å²) in [7, 11) is -3.13. The molecule has 0 unspecified atom stereocenters. The van der Waals surface area contributed by atoms with Gasteiger partial charge in [-0.2, -0.15) is 0 Å². The van der Waals surface area contributed by atoms with Gasteiger partial charge in [-0.3, -0.25) is 0 Å². The van der Waals surface area contributed by atoms with E-state index in [4.69, 9.17) is 21.5 Å². The summed E-state index contributed by atoms with van der Waals surface area (Å²) in [6.07, 6.45) is 0. The van der Waals surface area contributed by atoms with Gasteiger partial charge in [0.2, 0.25) is 0 Å². The fraction of sp³-hybridized carbons (Fsp3) is 0. The molecule has 16 aromatic rings. The van der Waals surface area contributed by atoms with Crippen molar-refractivity contribution in [3.05, 3.63) is 478 Å². The summed E-state index contributed by atoms with van der Waals surface area (Å²) in [6.45, 7) is 0. The Bertz CT molecular complexity index is 4080. The van der Waals surface area contributed by atoms with Gasteiger partial charge in [0.15, 0.2) is 0 Å². The van der Waals surface area contributed by atoms with Gasteiger partial charge >= 0.3 is 7.12 Å². The van der Waals surface area contributed by atoms with Gasteiger partial charge in [0.1, 0.15) is 0 Å². The van der Waals surface area contributed by atoms with Crippen LogP contribution < -0.4 is 80.6 Å². The largest absolute Gasteiger partial charge is 0.488 e. The summed E-state index contributed by atoms with van der Waals surface area (Å²) >= 11 is 3.29. The quantitative estimate of drug-likeness (QED) is 0.0496. The zero-order valence-electron chi connectivity index (χ0n) is 59.1. The first kappa shape index (κ1) is 81.1. The first-order chi connectivity index (χ1) is 52.3. The number of rotatable bonds is 14. The Kier molecular flexibility index (Phi) is 34.9. The fourth-order valence-electron chi connectivity index (χ4n) is 11.1. The second kappa shape index (κ2) is 46.1. The Morgan fingerprint density at radius 1 is 0.187 bits per heavy atom. The first-order valence-corrected chi connectivity index (χ1v) is 41.1. The molecule has 0 aromatic heterocycles. The maximum atomic E-state index is 8.58. The maximum absolute atomic E-state index is 8.58. The third kappa shape index (κ3) is 26.8. The number of benzene rings is 16. The summed E-state index contributed by atoms with van der Waals surface area (Å²) in [5, 5.41) is 33.9. The molecule has 0 saturated carbocycles. The molecule has 0 aliphatic carbocycles. The molecule has 0 heterocycles. The van der Waals surface area contributed by atoms with E-state index in [0.29, 0.717) is 5.46 Å². The average molecular weight is 1620 g/mol. The number of hydrogen-bond acceptors (Lipinski definition) is 4. The number of hydrogen-bond donors (Lipinski definition) is 4. The van der Waals surface area contributed by atoms with Crippen LogP contribution in [0, 0.1) is 0 Å². The van der Waals surface area contributed by atoms with E-state index in [2.05, 4.69) is 392 Å². The second-order valence-corrected chi connectivity index (χ2v) is 33.5. The number of nitrogens with two attached hydrogens (primary N) is 2. The fourth-order valence-corrected chi connectivity index (χ4v) is 20.6. The normalized spacial score (nSPS) is 10.2. The van der Waals surface area contributed by atoms with E-state index in [0.717, 1.165) is 15.8 Å². The number of halogens is 1. The van der Waals surface area contributed by atoms with E-state index in [1.165, 1.54) is 74.8 Å². The van der Waals surface area contributed by atoms with E-state index in [-0.39, 0.29) is 20.4 Å². The molecule has 11 heteroatoms. The maximum Gasteiger partial charge on any atom is 0.488 e. The molecule has 4 nitrogen and oxygen atoms in total. The molecule has 0 spiro atoms. The Morgan fingerprint density at radius 3 is 0.477 bits per heavy atom. The van der Waals surface area contributed by atoms with Gasteiger partial charge in [-0.05, 0) is 148 Å². The van der Waals surface area contributed by atoms with E-state index in [1.807, 2.05) is 72.8 Å². The molecule has 0 aliphatic rings. The Hall–Kier alpha value is -10.0. The van der Waals surface area contributed by atoms with Crippen molar-refractivity contribution in [3.63, 3.8) is 0 Å². The summed E-state index contributed by atoms with van der Waals surface area (Å²) in [5.74, 6) is 0. The van der Waals surface area contributed by atoms with Gasteiger partial charge in [0.25, 0.3) is 0 Å². The van der Waals surface area contributed by atoms with Gasteiger partial charge < -0.3 is 21.5 Å². The van der Waals surface area contributed by atoms with Crippen LogP contribution in [0.3, 0.4) is 0 Å². The van der Waals surface area contributed by atoms with Crippen LogP contribution in [-0.4, -0.2) is 17.2 Å². The topological polar surface area (TPSA) is 92.5 Å². The summed E-state index contributed by atoms with van der Waals surface area (Å²) in [6, 6.07) is 164. The van der Waals surface area contributed by atoms with Crippen molar-refractivity contribution in [2.45, 2.75) is 0 Å². The Balaban J connectivity index is 0.000000147. The summed E-state index contributed by atoms with van der Waals surface area (Å²) < 4.78 is 1.06. The summed E-state index contributed by atoms with van der Waals surface area (Å²) in [4.78, 5) is 0. The Morgan fingerprint density at radius 2 is 0.327 bits per heavy atom. The standard InChI is InChI=1S/4C18H15P.C12H11N.C6H7BO2.C6H6BrN.Pd/c4*1-4-10-16(11-5-1)19(17-12-6-2-7-13-17)18-14-8-3-9-15-18;13-12-8-6-11(7-9-12)10-4-2-1-3-5-10;8-7(9)6-4-2-1-3-5-6;7-5-1-3-6(8)4-2-5;/h4*1-15H;1-9H,13H2;1-5,8-9H;1-4H,8H2;. The van der Waals surface area contributed by atoms with Crippen LogP contribution in [0.5, 0.6) is 0 Å². The van der Waals surface area contributed by atoms with Crippen LogP contribution in [0.2, 0.25) is 0 Å². The van der Waals surface area contributed by atoms with Crippen molar-refractivity contribution < 1.29 is 30.5 Å². The average Bonchev–Trinajstić information content (AvgIpc) is 0.833. The Labute approximate surface area is 660 Å². The minimum atomic E-state index is -1.34. The van der Waals surface area contributed by atoms with Gasteiger partial charge in [-0.15, -0.1) is 0 Å². The van der Waals surface area contributed by atoms with Crippen LogP contribution in [0.4, 0.5) is 11.4 Å². The zero-order chi connectivity index (χ0) is 73.4. The van der Waals surface area contributed by atoms with Crippen LogP contribution in [-0.2, 0) is 20.4 Å². The molecule has 530 valence electrons. The van der Waals surface area contributed by atoms with Crippen LogP contribution in [0.25, 0.3) is 11.1 Å². The number of anilines is 2. The molecule has 0 bridgehead atoms. The molecule has 16 rings (SSSR count). The van der Waals surface area contributed by atoms with E-state index >= 15 is 0 Å². The second-order valence-electron chi connectivity index (χ2n) is 23.7. The molecule has 0 amide bonds. The van der Waals surface area contributed by atoms with Crippen LogP contribution in [0.1, 0.15) is 0 Å². The van der Waals surface area contributed by atoms with Crippen LogP contribution >= 0.6 is 47.6 Å². The molecule has 0 aliphatic heterocycles. The van der Waals surface area contributed by atoms with Gasteiger partial charge in [0, 0.05) is 36.3 Å². The third-order valence-electron chi connectivity index (χ3n) is 16.2. The van der Waals surface area contributed by atoms with Crippen LogP contribution in [0.15, 0.2) is 478 Å². The number of nitrogen functional groups attached to an aromatic ring is 2. The molecule has 6 N–H and O–H groups in total. The van der Waals surface area contributed by atoms with E-state index in [1.54, 1.807) is 24.3 Å². The van der Waals surface area contributed by atoms with Crippen molar-refractivity contribution in [1.29, 1.82) is 0 Å². The molecule has 16 aromatic carbocycles. The van der Waals surface area contributed by atoms with Gasteiger partial charge in [-0.1, -0.05) is 453 Å². The molecule has 107 heavy (non-hydrogen) atoms. The predicted molar refractivity (Wildman–Crippen MR) is 472 cm³/mol. The molecular formula is C96H84BBrN2O2P4Pd. The van der Waals surface area contributed by atoms with Crippen molar-refractivity contribution in [1.82, 2.24) is 0 Å². The third-order valence-corrected chi connectivity index (χ3v) is 26.5.